The first-order chi connectivity index (χ1) is 8.21. The van der Waals surface area contributed by atoms with E-state index < -0.39 is 0 Å². The molecule has 0 saturated heterocycles. The number of ether oxygens (including phenoxy) is 1. The van der Waals surface area contributed by atoms with Gasteiger partial charge in [-0.25, -0.2) is 0 Å². The van der Waals surface area contributed by atoms with E-state index >= 15 is 0 Å². The molecule has 96 valence electrons. The first-order valence-corrected chi connectivity index (χ1v) is 5.94. The summed E-state index contributed by atoms with van der Waals surface area (Å²) in [6.07, 6.45) is 0.952. The Morgan fingerprint density at radius 2 is 2.24 bits per heavy atom. The van der Waals surface area contributed by atoms with Crippen molar-refractivity contribution in [3.63, 3.8) is 0 Å². The quantitative estimate of drug-likeness (QED) is 0.653. The second kappa shape index (κ2) is 7.27. The van der Waals surface area contributed by atoms with E-state index in [-0.39, 0.29) is 12.6 Å². The van der Waals surface area contributed by atoms with Crippen LogP contribution in [0.1, 0.15) is 18.1 Å². The van der Waals surface area contributed by atoms with Crippen LogP contribution in [0, 0.1) is 0 Å². The minimum atomic E-state index is -0.195. The average molecular weight is 238 g/mol. The van der Waals surface area contributed by atoms with Gasteiger partial charge in [0.15, 0.2) is 0 Å². The Hall–Kier alpha value is -1.10. The van der Waals surface area contributed by atoms with Crippen LogP contribution in [-0.2, 0) is 13.0 Å². The van der Waals surface area contributed by atoms with Crippen molar-refractivity contribution in [1.82, 2.24) is 5.32 Å². The molecule has 1 unspecified atom stereocenters. The molecule has 0 saturated carbocycles. The average Bonchev–Trinajstić information content (AvgIpc) is 2.38. The summed E-state index contributed by atoms with van der Waals surface area (Å²) in [4.78, 5) is 0. The van der Waals surface area contributed by atoms with Crippen molar-refractivity contribution < 1.29 is 9.84 Å². The van der Waals surface area contributed by atoms with Crippen LogP contribution < -0.4 is 15.8 Å². The number of benzene rings is 1. The van der Waals surface area contributed by atoms with E-state index in [0.717, 1.165) is 18.7 Å². The normalized spacial score (nSPS) is 12.5. The number of aliphatic hydroxyl groups is 1. The van der Waals surface area contributed by atoms with Gasteiger partial charge >= 0.3 is 0 Å². The summed E-state index contributed by atoms with van der Waals surface area (Å²) in [6.45, 7) is 3.49. The van der Waals surface area contributed by atoms with E-state index in [9.17, 15) is 0 Å². The molecule has 1 atom stereocenters. The van der Waals surface area contributed by atoms with Crippen LogP contribution in [0.2, 0.25) is 0 Å². The number of nitrogens with two attached hydrogens (primary N) is 1. The van der Waals surface area contributed by atoms with Gasteiger partial charge in [0.1, 0.15) is 5.75 Å². The molecule has 0 spiro atoms. The second-order valence-electron chi connectivity index (χ2n) is 4.07. The summed E-state index contributed by atoms with van der Waals surface area (Å²) in [5.41, 5.74) is 8.01. The topological polar surface area (TPSA) is 67.5 Å². The highest BCUT2D eigenvalue weighted by Crippen LogP contribution is 2.20. The largest absolute Gasteiger partial charge is 0.496 e. The third kappa shape index (κ3) is 4.34. The summed E-state index contributed by atoms with van der Waals surface area (Å²) in [6, 6.07) is 5.96. The molecule has 4 nitrogen and oxygen atoms in total. The summed E-state index contributed by atoms with van der Waals surface area (Å²) in [5, 5.41) is 12.0. The summed E-state index contributed by atoms with van der Waals surface area (Å²) in [7, 11) is 1.69. The zero-order valence-corrected chi connectivity index (χ0v) is 10.6. The van der Waals surface area contributed by atoms with Gasteiger partial charge in [-0.3, -0.25) is 0 Å². The molecule has 17 heavy (non-hydrogen) atoms. The van der Waals surface area contributed by atoms with E-state index in [1.807, 2.05) is 12.1 Å². The number of aryl methyl sites for hydroxylation is 1. The van der Waals surface area contributed by atoms with Crippen LogP contribution in [0.3, 0.4) is 0 Å². The number of hydrogen-bond donors (Lipinski definition) is 3. The fourth-order valence-corrected chi connectivity index (χ4v) is 1.68. The number of nitrogens with one attached hydrogen (secondary N) is 1. The minimum Gasteiger partial charge on any atom is -0.496 e. The van der Waals surface area contributed by atoms with Gasteiger partial charge in [-0.1, -0.05) is 19.1 Å². The van der Waals surface area contributed by atoms with Gasteiger partial charge in [-0.05, 0) is 23.6 Å². The minimum absolute atomic E-state index is 0.00974. The predicted octanol–water partition coefficient (Wildman–Crippen LogP) is 0.667. The molecular weight excluding hydrogens is 216 g/mol. The Kier molecular flexibility index (Phi) is 5.97. The summed E-state index contributed by atoms with van der Waals surface area (Å²) >= 11 is 0. The first kappa shape index (κ1) is 14.0. The van der Waals surface area contributed by atoms with E-state index in [0.29, 0.717) is 6.54 Å². The van der Waals surface area contributed by atoms with Crippen molar-refractivity contribution in [2.45, 2.75) is 25.9 Å². The second-order valence-corrected chi connectivity index (χ2v) is 4.07. The smallest absolute Gasteiger partial charge is 0.122 e. The highest BCUT2D eigenvalue weighted by atomic mass is 16.5. The van der Waals surface area contributed by atoms with Crippen molar-refractivity contribution in [3.05, 3.63) is 29.3 Å². The maximum atomic E-state index is 8.80. The molecular formula is C13H22N2O2. The van der Waals surface area contributed by atoms with Gasteiger partial charge in [0, 0.05) is 19.1 Å². The lowest BCUT2D eigenvalue weighted by molar-refractivity contribution is 0.262. The standard InChI is InChI=1S/C13H22N2O2/c1-3-11-6-10(4-5-13(11)17-2)7-15-8-12(14)9-16/h4-6,12,15-16H,3,7-9,14H2,1-2H3. The lowest BCUT2D eigenvalue weighted by Crippen LogP contribution is -2.36. The molecule has 0 aromatic heterocycles. The van der Waals surface area contributed by atoms with Crippen LogP contribution in [0.15, 0.2) is 18.2 Å². The van der Waals surface area contributed by atoms with Crippen molar-refractivity contribution >= 4 is 0 Å². The summed E-state index contributed by atoms with van der Waals surface area (Å²) in [5.74, 6) is 0.934. The third-order valence-electron chi connectivity index (χ3n) is 2.70. The Bertz CT molecular complexity index is 342. The van der Waals surface area contributed by atoms with Crippen molar-refractivity contribution in [3.8, 4) is 5.75 Å². The third-order valence-corrected chi connectivity index (χ3v) is 2.70. The molecule has 1 rings (SSSR count). The van der Waals surface area contributed by atoms with Crippen LogP contribution in [0.4, 0.5) is 0 Å². The number of aliphatic hydroxyl groups excluding tert-OH is 1. The SMILES string of the molecule is CCc1cc(CNCC(N)CO)ccc1OC. The van der Waals surface area contributed by atoms with Gasteiger partial charge in [0.2, 0.25) is 0 Å². The number of methoxy groups -OCH3 is 1. The molecule has 0 heterocycles. The summed E-state index contributed by atoms with van der Waals surface area (Å²) < 4.78 is 5.28. The lowest BCUT2D eigenvalue weighted by Gasteiger charge is -2.12. The maximum Gasteiger partial charge on any atom is 0.122 e. The maximum absolute atomic E-state index is 8.80. The van der Waals surface area contributed by atoms with Crippen molar-refractivity contribution in [1.29, 1.82) is 0 Å². The highest BCUT2D eigenvalue weighted by molar-refractivity contribution is 5.37. The molecule has 0 aliphatic heterocycles. The van der Waals surface area contributed by atoms with Crippen LogP contribution in [0.5, 0.6) is 5.75 Å². The van der Waals surface area contributed by atoms with E-state index in [1.54, 1.807) is 7.11 Å². The van der Waals surface area contributed by atoms with Gasteiger partial charge in [0.25, 0.3) is 0 Å². The monoisotopic (exact) mass is 238 g/mol. The van der Waals surface area contributed by atoms with E-state index in [1.165, 1.54) is 11.1 Å². The van der Waals surface area contributed by atoms with Crippen LogP contribution >= 0.6 is 0 Å². The number of rotatable bonds is 7. The molecule has 4 N–H and O–H groups in total. The predicted molar refractivity (Wildman–Crippen MR) is 69.1 cm³/mol. The molecule has 4 heteroatoms. The van der Waals surface area contributed by atoms with Crippen molar-refractivity contribution in [2.75, 3.05) is 20.3 Å². The lowest BCUT2D eigenvalue weighted by atomic mass is 10.1. The Balaban J connectivity index is 2.54. The zero-order valence-electron chi connectivity index (χ0n) is 10.6. The van der Waals surface area contributed by atoms with Gasteiger partial charge in [-0.2, -0.15) is 0 Å². The zero-order chi connectivity index (χ0) is 12.7. The first-order valence-electron chi connectivity index (χ1n) is 5.94. The van der Waals surface area contributed by atoms with E-state index in [2.05, 4.69) is 18.3 Å². The molecule has 1 aromatic carbocycles. The highest BCUT2D eigenvalue weighted by Gasteiger charge is 2.03. The molecule has 0 bridgehead atoms. The Morgan fingerprint density at radius 3 is 2.82 bits per heavy atom. The van der Waals surface area contributed by atoms with Crippen molar-refractivity contribution in [2.24, 2.45) is 5.73 Å². The van der Waals surface area contributed by atoms with Crippen LogP contribution in [0.25, 0.3) is 0 Å². The van der Waals surface area contributed by atoms with Crippen LogP contribution in [-0.4, -0.2) is 31.4 Å². The van der Waals surface area contributed by atoms with Gasteiger partial charge in [0.05, 0.1) is 13.7 Å². The fraction of sp³-hybridized carbons (Fsp3) is 0.538. The fourth-order valence-electron chi connectivity index (χ4n) is 1.68. The molecule has 0 fully saturated rings. The molecule has 0 aliphatic rings. The molecule has 1 aromatic rings. The Labute approximate surface area is 103 Å². The molecule has 0 radical (unpaired) electrons. The molecule has 0 amide bonds. The molecule has 0 aliphatic carbocycles. The van der Waals surface area contributed by atoms with E-state index in [4.69, 9.17) is 15.6 Å². The Morgan fingerprint density at radius 1 is 1.47 bits per heavy atom. The van der Waals surface area contributed by atoms with Gasteiger partial charge in [-0.15, -0.1) is 0 Å². The van der Waals surface area contributed by atoms with Gasteiger partial charge < -0.3 is 20.9 Å². The number of hydrogen-bond acceptors (Lipinski definition) is 4.